The Balaban J connectivity index is 0.00000420. The van der Waals surface area contributed by atoms with Gasteiger partial charge >= 0.3 is 5.97 Å². The third-order valence-corrected chi connectivity index (χ3v) is 4.65. The summed E-state index contributed by atoms with van der Waals surface area (Å²) in [7, 11) is 0. The minimum atomic E-state index is -0.622. The highest BCUT2D eigenvalue weighted by atomic mass is 35.5. The van der Waals surface area contributed by atoms with Gasteiger partial charge < -0.3 is 37.4 Å². The summed E-state index contributed by atoms with van der Waals surface area (Å²) in [4.78, 5) is 11.3. The summed E-state index contributed by atoms with van der Waals surface area (Å²) in [6, 6.07) is 12.0. The summed E-state index contributed by atoms with van der Waals surface area (Å²) in [5.74, 6) is 0.191. The number of hydrogen-bond acceptors (Lipinski definition) is 5. The number of carbonyl (C=O) groups excluding carboxylic acids is 1. The topological polar surface area (TPSA) is 92.6 Å². The van der Waals surface area contributed by atoms with E-state index in [1.54, 1.807) is 37.3 Å². The minimum absolute atomic E-state index is 0. The number of aromatic hydroxyl groups is 1. The zero-order valence-corrected chi connectivity index (χ0v) is 18.0. The number of quaternary nitrogens is 1. The van der Waals surface area contributed by atoms with Gasteiger partial charge in [0.1, 0.15) is 23.6 Å². The van der Waals surface area contributed by atoms with Crippen LogP contribution < -0.4 is 22.5 Å². The molecule has 0 saturated heterocycles. The van der Waals surface area contributed by atoms with Gasteiger partial charge in [-0.15, -0.1) is 0 Å². The van der Waals surface area contributed by atoms with E-state index in [4.69, 9.17) is 21.1 Å². The first-order valence-electron chi connectivity index (χ1n) is 9.28. The molecule has 2 aromatic rings. The maximum atomic E-state index is 11.3. The van der Waals surface area contributed by atoms with E-state index in [2.05, 4.69) is 5.32 Å². The number of benzene rings is 2. The average molecular weight is 444 g/mol. The summed E-state index contributed by atoms with van der Waals surface area (Å²) >= 11 is 6.23. The standard InChI is InChI=1S/C21H26ClNO5.ClH/c1-3-27-20(25)13-28-19-9-4-15(12-18(19)22)10-11-23-14(2)21(26)16-5-7-17(24)8-6-16;/h4-9,12,14,21,23-24,26H,3,10-11,13H2,1-2H3;1H/t14-,21-;/m0./s1. The van der Waals surface area contributed by atoms with Crippen molar-refractivity contribution in [1.29, 1.82) is 0 Å². The Labute approximate surface area is 182 Å². The molecule has 0 aliphatic heterocycles. The number of phenolic OH excluding ortho intramolecular Hbond substituents is 1. The van der Waals surface area contributed by atoms with Crippen LogP contribution in [0.15, 0.2) is 42.5 Å². The van der Waals surface area contributed by atoms with Crippen molar-refractivity contribution >= 4 is 17.6 Å². The van der Waals surface area contributed by atoms with Crippen molar-refractivity contribution in [3.05, 3.63) is 58.6 Å². The normalized spacial score (nSPS) is 12.6. The first-order valence-corrected chi connectivity index (χ1v) is 9.65. The summed E-state index contributed by atoms with van der Waals surface area (Å²) in [5.41, 5.74) is 1.81. The molecule has 8 heteroatoms. The fourth-order valence-corrected chi connectivity index (χ4v) is 3.03. The Kier molecular flexibility index (Phi) is 10.8. The van der Waals surface area contributed by atoms with Gasteiger partial charge in [-0.3, -0.25) is 0 Å². The molecule has 0 spiro atoms. The number of nitrogens with two attached hydrogens (primary N) is 1. The Hall–Kier alpha value is -1.99. The van der Waals surface area contributed by atoms with Crippen molar-refractivity contribution in [1.82, 2.24) is 0 Å². The van der Waals surface area contributed by atoms with Crippen molar-refractivity contribution in [3.63, 3.8) is 0 Å². The Morgan fingerprint density at radius 3 is 2.52 bits per heavy atom. The molecular formula is C21H27Cl2NO5. The lowest BCUT2D eigenvalue weighted by atomic mass is 10.0. The van der Waals surface area contributed by atoms with Gasteiger partial charge in [0.15, 0.2) is 6.61 Å². The van der Waals surface area contributed by atoms with E-state index in [1.165, 1.54) is 0 Å². The molecule has 160 valence electrons. The molecule has 29 heavy (non-hydrogen) atoms. The fourth-order valence-electron chi connectivity index (χ4n) is 2.77. The van der Waals surface area contributed by atoms with Crippen LogP contribution in [-0.2, 0) is 16.0 Å². The van der Waals surface area contributed by atoms with Crippen LogP contribution in [0.5, 0.6) is 11.5 Å². The number of aliphatic hydroxyl groups is 1. The molecule has 4 N–H and O–H groups in total. The molecule has 0 saturated carbocycles. The van der Waals surface area contributed by atoms with Gasteiger partial charge in [-0.05, 0) is 49.2 Å². The van der Waals surface area contributed by atoms with Crippen LogP contribution in [-0.4, -0.2) is 42.0 Å². The van der Waals surface area contributed by atoms with Crippen LogP contribution in [0.1, 0.15) is 31.1 Å². The number of hydrogen-bond donors (Lipinski definition) is 3. The zero-order valence-electron chi connectivity index (χ0n) is 16.5. The Bertz CT molecular complexity index is 770. The SMILES string of the molecule is CCOC(=O)COc1ccc(CC[NH2+][C@@H](C)[C@H](O)c2ccc(O)cc2)cc1Cl.[Cl-]. The molecule has 2 aromatic carbocycles. The molecule has 2 rings (SSSR count). The highest BCUT2D eigenvalue weighted by Gasteiger charge is 2.19. The summed E-state index contributed by atoms with van der Waals surface area (Å²) in [6.45, 7) is 4.60. The molecule has 2 atom stereocenters. The molecule has 0 aliphatic carbocycles. The lowest BCUT2D eigenvalue weighted by Crippen LogP contribution is -3.00. The van der Waals surface area contributed by atoms with Gasteiger partial charge in [-0.1, -0.05) is 29.8 Å². The fraction of sp³-hybridized carbons (Fsp3) is 0.381. The number of esters is 1. The highest BCUT2D eigenvalue weighted by Crippen LogP contribution is 2.25. The first-order chi connectivity index (χ1) is 13.4. The second kappa shape index (κ2) is 12.5. The molecule has 0 unspecified atom stereocenters. The maximum Gasteiger partial charge on any atom is 0.344 e. The number of phenols is 1. The van der Waals surface area contributed by atoms with Crippen LogP contribution in [0.3, 0.4) is 0 Å². The second-order valence-electron chi connectivity index (χ2n) is 6.53. The molecule has 0 aromatic heterocycles. The first kappa shape index (κ1) is 25.0. The van der Waals surface area contributed by atoms with E-state index in [0.717, 1.165) is 24.1 Å². The lowest BCUT2D eigenvalue weighted by Gasteiger charge is -2.18. The molecule has 0 heterocycles. The number of halogens is 2. The van der Waals surface area contributed by atoms with Gasteiger partial charge in [0.05, 0.1) is 18.2 Å². The smallest absolute Gasteiger partial charge is 0.344 e. The Morgan fingerprint density at radius 2 is 1.90 bits per heavy atom. The number of rotatable bonds is 10. The van der Waals surface area contributed by atoms with E-state index in [0.29, 0.717) is 17.4 Å². The van der Waals surface area contributed by atoms with Crippen LogP contribution in [0.2, 0.25) is 5.02 Å². The van der Waals surface area contributed by atoms with Gasteiger partial charge in [-0.25, -0.2) is 4.79 Å². The van der Waals surface area contributed by atoms with Crippen LogP contribution in [0.25, 0.3) is 0 Å². The van der Waals surface area contributed by atoms with Gasteiger partial charge in [-0.2, -0.15) is 0 Å². The predicted molar refractivity (Wildman–Crippen MR) is 107 cm³/mol. The molecule has 0 radical (unpaired) electrons. The number of carbonyl (C=O) groups is 1. The molecule has 0 aliphatic rings. The van der Waals surface area contributed by atoms with Crippen molar-refractivity contribution in [2.24, 2.45) is 0 Å². The monoisotopic (exact) mass is 443 g/mol. The average Bonchev–Trinajstić information content (AvgIpc) is 2.67. The maximum absolute atomic E-state index is 11.3. The molecule has 6 nitrogen and oxygen atoms in total. The highest BCUT2D eigenvalue weighted by molar-refractivity contribution is 6.32. The van der Waals surface area contributed by atoms with Crippen molar-refractivity contribution in [2.45, 2.75) is 32.4 Å². The van der Waals surface area contributed by atoms with E-state index in [9.17, 15) is 15.0 Å². The zero-order chi connectivity index (χ0) is 20.5. The van der Waals surface area contributed by atoms with E-state index in [1.807, 2.05) is 19.1 Å². The largest absolute Gasteiger partial charge is 1.00 e. The molecular weight excluding hydrogens is 417 g/mol. The van der Waals surface area contributed by atoms with Gasteiger partial charge in [0, 0.05) is 6.42 Å². The second-order valence-corrected chi connectivity index (χ2v) is 6.94. The third-order valence-electron chi connectivity index (χ3n) is 4.35. The van der Waals surface area contributed by atoms with Gasteiger partial charge in [0.2, 0.25) is 0 Å². The van der Waals surface area contributed by atoms with Crippen LogP contribution in [0, 0.1) is 0 Å². The molecule has 0 fully saturated rings. The Morgan fingerprint density at radius 1 is 1.21 bits per heavy atom. The quantitative estimate of drug-likeness (QED) is 0.419. The van der Waals surface area contributed by atoms with Crippen LogP contribution in [0.4, 0.5) is 0 Å². The predicted octanol–water partition coefficient (Wildman–Crippen LogP) is -0.780. The van der Waals surface area contributed by atoms with Crippen LogP contribution >= 0.6 is 11.6 Å². The minimum Gasteiger partial charge on any atom is -1.00 e. The van der Waals surface area contributed by atoms with Crippen molar-refractivity contribution < 1.29 is 42.2 Å². The van der Waals surface area contributed by atoms with E-state index < -0.39 is 12.1 Å². The summed E-state index contributed by atoms with van der Waals surface area (Å²) in [6.07, 6.45) is 0.146. The molecule has 0 amide bonds. The van der Waals surface area contributed by atoms with Gasteiger partial charge in [0.25, 0.3) is 0 Å². The van der Waals surface area contributed by atoms with E-state index >= 15 is 0 Å². The summed E-state index contributed by atoms with van der Waals surface area (Å²) < 4.78 is 10.2. The summed E-state index contributed by atoms with van der Waals surface area (Å²) in [5, 5.41) is 22.3. The lowest BCUT2D eigenvalue weighted by molar-refractivity contribution is -0.694. The number of ether oxygens (including phenoxy) is 2. The van der Waals surface area contributed by atoms with Crippen molar-refractivity contribution in [3.8, 4) is 11.5 Å². The third kappa shape index (κ3) is 8.11. The molecule has 0 bridgehead atoms. The van der Waals surface area contributed by atoms with E-state index in [-0.39, 0.29) is 30.8 Å². The van der Waals surface area contributed by atoms with Crippen molar-refractivity contribution in [2.75, 3.05) is 19.8 Å². The number of aliphatic hydroxyl groups excluding tert-OH is 1.